The van der Waals surface area contributed by atoms with E-state index in [1.165, 1.54) is 0 Å². The van der Waals surface area contributed by atoms with E-state index >= 15 is 0 Å². The van der Waals surface area contributed by atoms with Crippen molar-refractivity contribution in [2.75, 3.05) is 13.2 Å². The van der Waals surface area contributed by atoms with Gasteiger partial charge in [-0.25, -0.2) is 18.0 Å². The molecule has 24 heteroatoms. The predicted molar refractivity (Wildman–Crippen MR) is 189 cm³/mol. The lowest BCUT2D eigenvalue weighted by atomic mass is 9.98. The van der Waals surface area contributed by atoms with Crippen LogP contribution in [0.5, 0.6) is 0 Å². The molecular formula is C32H34N4O18S2. The van der Waals surface area contributed by atoms with Crippen LogP contribution in [0.4, 0.5) is 22.7 Å². The van der Waals surface area contributed by atoms with Gasteiger partial charge in [0.1, 0.15) is 11.1 Å². The highest BCUT2D eigenvalue weighted by Gasteiger charge is 2.43. The van der Waals surface area contributed by atoms with Crippen LogP contribution in [0.3, 0.4) is 0 Å². The maximum absolute atomic E-state index is 13.7. The number of nitro benzene ring substituents is 4. The van der Waals surface area contributed by atoms with E-state index in [-0.39, 0.29) is 0 Å². The van der Waals surface area contributed by atoms with Gasteiger partial charge in [-0.15, -0.1) is 0 Å². The van der Waals surface area contributed by atoms with E-state index in [0.717, 1.165) is 54.6 Å². The van der Waals surface area contributed by atoms with Gasteiger partial charge in [0.2, 0.25) is 12.2 Å². The van der Waals surface area contributed by atoms with Gasteiger partial charge < -0.3 is 9.47 Å². The van der Waals surface area contributed by atoms with E-state index in [9.17, 15) is 66.9 Å². The normalized spacial score (nSPS) is 13.2. The number of benzene rings is 3. The number of hydrogen-bond donors (Lipinski definition) is 0. The fraction of sp³-hybridized carbons (Fsp3) is 0.375. The second-order valence-electron chi connectivity index (χ2n) is 14.1. The molecule has 3 aromatic carbocycles. The molecule has 0 bridgehead atoms. The predicted octanol–water partition coefficient (Wildman–Crippen LogP) is 5.39. The van der Waals surface area contributed by atoms with E-state index in [0.29, 0.717) is 6.07 Å². The highest BCUT2D eigenvalue weighted by atomic mass is 32.2. The minimum Gasteiger partial charge on any atom is -0.463 e. The van der Waals surface area contributed by atoms with Gasteiger partial charge in [0.05, 0.1) is 42.7 Å². The molecule has 0 aliphatic heterocycles. The van der Waals surface area contributed by atoms with Crippen LogP contribution in [0.15, 0.2) is 70.5 Å². The average molecular weight is 827 g/mol. The van der Waals surface area contributed by atoms with E-state index in [4.69, 9.17) is 17.8 Å². The first-order chi connectivity index (χ1) is 25.7. The van der Waals surface area contributed by atoms with Crippen molar-refractivity contribution in [3.05, 3.63) is 112 Å². The Bertz CT molecular complexity index is 2080. The SMILES string of the molecule is CC(C)(C)COC(=O)C(OS(=O)(=O)c1cccc(S(=O)(=O)OC(C(=O)OCC(C)(C)C)c2c([N+](=O)[O-])cccc2[N+](=O)[O-])c1)c1c([N+](=O)[O-])cccc1[N+](=O)[O-]. The zero-order chi connectivity index (χ0) is 42.6. The molecule has 0 N–H and O–H groups in total. The molecule has 0 spiro atoms. The zero-order valence-corrected chi connectivity index (χ0v) is 31.9. The van der Waals surface area contributed by atoms with Gasteiger partial charge in [0.25, 0.3) is 43.0 Å². The summed E-state index contributed by atoms with van der Waals surface area (Å²) in [5.41, 5.74) is -8.21. The Balaban J connectivity index is 2.20. The lowest BCUT2D eigenvalue weighted by Gasteiger charge is -2.22. The Morgan fingerprint density at radius 1 is 0.554 bits per heavy atom. The second kappa shape index (κ2) is 16.8. The number of carbonyl (C=O) groups is 2. The van der Waals surface area contributed by atoms with E-state index in [2.05, 4.69) is 0 Å². The summed E-state index contributed by atoms with van der Waals surface area (Å²) in [4.78, 5) is 67.6. The Morgan fingerprint density at radius 3 is 1.07 bits per heavy atom. The number of nitro groups is 4. The maximum atomic E-state index is 13.7. The summed E-state index contributed by atoms with van der Waals surface area (Å²) in [6.07, 6.45) is -5.41. The van der Waals surface area contributed by atoms with Gasteiger partial charge in [-0.1, -0.05) is 47.6 Å². The van der Waals surface area contributed by atoms with Crippen LogP contribution in [-0.2, 0) is 47.7 Å². The van der Waals surface area contributed by atoms with Gasteiger partial charge in [-0.2, -0.15) is 16.8 Å². The monoisotopic (exact) mass is 826 g/mol. The highest BCUT2D eigenvalue weighted by Crippen LogP contribution is 2.40. The largest absolute Gasteiger partial charge is 0.463 e. The summed E-state index contributed by atoms with van der Waals surface area (Å²) < 4.78 is 75.2. The summed E-state index contributed by atoms with van der Waals surface area (Å²) in [5.74, 6) is -3.23. The molecule has 302 valence electrons. The van der Waals surface area contributed by atoms with Crippen molar-refractivity contribution in [2.45, 2.75) is 63.5 Å². The molecule has 2 unspecified atom stereocenters. The van der Waals surface area contributed by atoms with E-state index in [1.54, 1.807) is 41.5 Å². The van der Waals surface area contributed by atoms with Crippen molar-refractivity contribution in [3.8, 4) is 0 Å². The summed E-state index contributed by atoms with van der Waals surface area (Å²) in [7, 11) is -10.9. The molecule has 0 fully saturated rings. The molecule has 22 nitrogen and oxygen atoms in total. The number of nitrogens with zero attached hydrogens (tertiary/aromatic N) is 4. The van der Waals surface area contributed by atoms with Gasteiger partial charge in [0.15, 0.2) is 0 Å². The molecule has 0 amide bonds. The van der Waals surface area contributed by atoms with Crippen LogP contribution in [0.2, 0.25) is 0 Å². The summed E-state index contributed by atoms with van der Waals surface area (Å²) in [6.45, 7) is 8.71. The third kappa shape index (κ3) is 11.0. The van der Waals surface area contributed by atoms with E-state index in [1.807, 2.05) is 0 Å². The molecule has 0 saturated heterocycles. The Kier molecular flexibility index (Phi) is 13.3. The molecule has 0 saturated carbocycles. The van der Waals surface area contributed by atoms with Crippen molar-refractivity contribution < 1.29 is 64.0 Å². The van der Waals surface area contributed by atoms with Crippen LogP contribution >= 0.6 is 0 Å². The van der Waals surface area contributed by atoms with Crippen molar-refractivity contribution >= 4 is 54.9 Å². The molecule has 0 aliphatic carbocycles. The van der Waals surface area contributed by atoms with Crippen molar-refractivity contribution in [1.82, 2.24) is 0 Å². The van der Waals surface area contributed by atoms with Crippen LogP contribution in [-0.4, -0.2) is 61.7 Å². The topological polar surface area (TPSA) is 312 Å². The molecular weight excluding hydrogens is 792 g/mol. The quantitative estimate of drug-likeness (QED) is 0.0756. The van der Waals surface area contributed by atoms with E-state index < -0.39 is 132 Å². The molecule has 0 aliphatic rings. The number of esters is 2. The lowest BCUT2D eigenvalue weighted by Crippen LogP contribution is -2.27. The summed E-state index contributed by atoms with van der Waals surface area (Å²) >= 11 is 0. The molecule has 0 aromatic heterocycles. The fourth-order valence-electron chi connectivity index (χ4n) is 4.54. The third-order valence-corrected chi connectivity index (χ3v) is 9.54. The Labute approximate surface area is 318 Å². The summed E-state index contributed by atoms with van der Waals surface area (Å²) in [5, 5.41) is 47.7. The van der Waals surface area contributed by atoms with Gasteiger partial charge in [0, 0.05) is 24.3 Å². The fourth-order valence-corrected chi connectivity index (χ4v) is 6.73. The number of carbonyl (C=O) groups excluding carboxylic acids is 2. The number of rotatable bonds is 16. The van der Waals surface area contributed by atoms with Gasteiger partial charge in [-0.05, 0) is 41.2 Å². The molecule has 2 atom stereocenters. The van der Waals surface area contributed by atoms with Crippen LogP contribution < -0.4 is 0 Å². The van der Waals surface area contributed by atoms with Crippen LogP contribution in [0.1, 0.15) is 64.9 Å². The second-order valence-corrected chi connectivity index (χ2v) is 17.3. The molecule has 0 heterocycles. The lowest BCUT2D eigenvalue weighted by molar-refractivity contribution is -0.396. The van der Waals surface area contributed by atoms with Gasteiger partial charge in [-0.3, -0.25) is 40.5 Å². The zero-order valence-electron chi connectivity index (χ0n) is 30.3. The highest BCUT2D eigenvalue weighted by molar-refractivity contribution is 7.87. The number of ether oxygens (including phenoxy) is 2. The van der Waals surface area contributed by atoms with Crippen LogP contribution in [0.25, 0.3) is 0 Å². The van der Waals surface area contributed by atoms with Crippen molar-refractivity contribution in [2.24, 2.45) is 10.8 Å². The Morgan fingerprint density at radius 2 is 0.821 bits per heavy atom. The minimum atomic E-state index is -5.47. The maximum Gasteiger partial charge on any atom is 0.342 e. The standard InChI is InChI=1S/C32H34N4O18S2/c1-31(2,3)17-51-29(37)27(25-21(33(39)40)12-8-13-22(25)34(41)42)53-55(47,48)19-10-7-11-20(16-19)56(49,50)54-28(30(38)52-18-32(4,5)6)26-23(35(43)44)14-9-15-24(26)36(45)46/h7-16,27-28H,17-18H2,1-6H3. The molecule has 56 heavy (non-hydrogen) atoms. The minimum absolute atomic E-state index is 0.362. The number of hydrogen-bond acceptors (Lipinski definition) is 18. The Hall–Kier alpha value is -5.98. The van der Waals surface area contributed by atoms with Crippen molar-refractivity contribution in [1.29, 1.82) is 0 Å². The molecule has 3 aromatic rings. The summed E-state index contributed by atoms with van der Waals surface area (Å²) in [6, 6.07) is 7.33. The molecule has 3 rings (SSSR count). The van der Waals surface area contributed by atoms with Crippen molar-refractivity contribution in [3.63, 3.8) is 0 Å². The smallest absolute Gasteiger partial charge is 0.342 e. The third-order valence-electron chi connectivity index (χ3n) is 6.98. The first kappa shape index (κ1) is 44.4. The first-order valence-electron chi connectivity index (χ1n) is 15.8. The first-order valence-corrected chi connectivity index (χ1v) is 18.6. The average Bonchev–Trinajstić information content (AvgIpc) is 3.09. The molecule has 0 radical (unpaired) electrons. The van der Waals surface area contributed by atoms with Gasteiger partial charge >= 0.3 is 11.9 Å². The van der Waals surface area contributed by atoms with Crippen LogP contribution in [0, 0.1) is 51.3 Å².